The Bertz CT molecular complexity index is 1640. The lowest BCUT2D eigenvalue weighted by atomic mass is 9.87. The van der Waals surface area contributed by atoms with Crippen LogP contribution in [0.3, 0.4) is 0 Å². The fourth-order valence-electron chi connectivity index (χ4n) is 5.74. The fraction of sp³-hybridized carbons (Fsp3) is 0.286. The number of nitrogens with zero attached hydrogens (tertiary/aromatic N) is 1. The number of piperazine rings is 1. The van der Waals surface area contributed by atoms with Crippen LogP contribution in [0.4, 0.5) is 14.5 Å². The van der Waals surface area contributed by atoms with Crippen LogP contribution in [-0.4, -0.2) is 43.8 Å². The second-order valence-electron chi connectivity index (χ2n) is 11.4. The van der Waals surface area contributed by atoms with Gasteiger partial charge in [-0.1, -0.05) is 66.2 Å². The molecule has 0 aliphatic carbocycles. The molecule has 3 atom stereocenters. The number of anilines is 1. The van der Waals surface area contributed by atoms with Gasteiger partial charge in [0.1, 0.15) is 11.6 Å². The summed E-state index contributed by atoms with van der Waals surface area (Å²) in [5.74, 6) is -1.47. The van der Waals surface area contributed by atoms with Gasteiger partial charge in [0.15, 0.2) is 0 Å². The minimum absolute atomic E-state index is 0.0318. The molecule has 0 spiro atoms. The minimum atomic E-state index is -3.75. The molecule has 0 bridgehead atoms. The van der Waals surface area contributed by atoms with E-state index < -0.39 is 21.9 Å². The van der Waals surface area contributed by atoms with E-state index in [9.17, 15) is 17.6 Å². The Balaban J connectivity index is 1.34. The summed E-state index contributed by atoms with van der Waals surface area (Å²) < 4.78 is 57.6. The summed E-state index contributed by atoms with van der Waals surface area (Å²) in [4.78, 5) is 13.7. The summed E-state index contributed by atoms with van der Waals surface area (Å²) in [7, 11) is -3.75. The van der Waals surface area contributed by atoms with E-state index in [4.69, 9.17) is 0 Å². The van der Waals surface area contributed by atoms with E-state index in [0.717, 1.165) is 16.7 Å². The van der Waals surface area contributed by atoms with Crippen LogP contribution in [0, 0.1) is 18.6 Å². The number of carbonyl (C=O) groups is 1. The van der Waals surface area contributed by atoms with E-state index in [0.29, 0.717) is 30.8 Å². The maximum atomic E-state index is 15.2. The van der Waals surface area contributed by atoms with E-state index in [-0.39, 0.29) is 41.4 Å². The normalized spacial score (nSPS) is 18.1. The molecule has 1 amide bonds. The monoisotopic (exact) mass is 617 g/mol. The number of benzene rings is 4. The van der Waals surface area contributed by atoms with E-state index >= 15 is 4.39 Å². The first-order valence-electron chi connectivity index (χ1n) is 14.8. The van der Waals surface area contributed by atoms with Crippen molar-refractivity contribution in [2.24, 2.45) is 0 Å². The van der Waals surface area contributed by atoms with Gasteiger partial charge < -0.3 is 10.6 Å². The first kappa shape index (κ1) is 31.5. The molecule has 1 unspecified atom stereocenters. The third-order valence-corrected chi connectivity index (χ3v) is 10.1. The quantitative estimate of drug-likeness (QED) is 0.215. The maximum absolute atomic E-state index is 15.2. The van der Waals surface area contributed by atoms with Crippen molar-refractivity contribution in [3.05, 3.63) is 131 Å². The second-order valence-corrected chi connectivity index (χ2v) is 13.3. The maximum Gasteiger partial charge on any atom is 0.243 e. The predicted molar refractivity (Wildman–Crippen MR) is 169 cm³/mol. The van der Waals surface area contributed by atoms with Gasteiger partial charge >= 0.3 is 0 Å². The number of hydrogen-bond donors (Lipinski definition) is 2. The molecule has 2 N–H and O–H groups in total. The van der Waals surface area contributed by atoms with Gasteiger partial charge in [-0.15, -0.1) is 0 Å². The molecular weight excluding hydrogens is 580 g/mol. The Morgan fingerprint density at radius 1 is 0.932 bits per heavy atom. The molecule has 1 aliphatic heterocycles. The molecule has 5 rings (SSSR count). The highest BCUT2D eigenvalue weighted by Gasteiger charge is 2.35. The molecule has 1 fully saturated rings. The highest BCUT2D eigenvalue weighted by molar-refractivity contribution is 7.89. The lowest BCUT2D eigenvalue weighted by Crippen LogP contribution is -2.57. The summed E-state index contributed by atoms with van der Waals surface area (Å²) in [5, 5.41) is 6.26. The lowest BCUT2D eigenvalue weighted by molar-refractivity contribution is -0.116. The predicted octanol–water partition coefficient (Wildman–Crippen LogP) is 6.42. The van der Waals surface area contributed by atoms with Crippen LogP contribution >= 0.6 is 0 Å². The third-order valence-electron chi connectivity index (χ3n) is 8.17. The topological polar surface area (TPSA) is 78.5 Å². The van der Waals surface area contributed by atoms with Gasteiger partial charge in [0, 0.05) is 48.8 Å². The standard InChI is InChI=1S/C35H37F2N3O3S/c1-24-11-13-26(14-12-24)32(27-15-17-28(36)18-16-27)21-35(41)39-34-10-6-9-33(37)31(34)20-19-29-22-38-25(2)23-40(29)44(42,43)30-7-4-3-5-8-30/h3-18,25,29,32,38H,19-23H2,1-2H3,(H,39,41)/t25-,29-,32?/m0/s1. The molecule has 4 aromatic carbocycles. The molecule has 1 aliphatic rings. The van der Waals surface area contributed by atoms with Gasteiger partial charge in [-0.3, -0.25) is 4.79 Å². The SMILES string of the molecule is Cc1ccc(C(CC(=O)Nc2cccc(F)c2CC[C@H]2CN[C@@H](C)CN2S(=O)(=O)c2ccccc2)c2ccc(F)cc2)cc1. The van der Waals surface area contributed by atoms with Gasteiger partial charge in [-0.05, 0) is 74.2 Å². The van der Waals surface area contributed by atoms with Crippen LogP contribution in [0.15, 0.2) is 102 Å². The molecule has 6 nitrogen and oxygen atoms in total. The first-order chi connectivity index (χ1) is 21.1. The Kier molecular flexibility index (Phi) is 9.88. The van der Waals surface area contributed by atoms with Crippen molar-refractivity contribution in [2.45, 2.75) is 56.0 Å². The smallest absolute Gasteiger partial charge is 0.243 e. The van der Waals surface area contributed by atoms with Gasteiger partial charge in [0.25, 0.3) is 0 Å². The average molecular weight is 618 g/mol. The van der Waals surface area contributed by atoms with Crippen molar-refractivity contribution in [2.75, 3.05) is 18.4 Å². The largest absolute Gasteiger partial charge is 0.326 e. The van der Waals surface area contributed by atoms with E-state index in [1.807, 2.05) is 38.1 Å². The highest BCUT2D eigenvalue weighted by Crippen LogP contribution is 2.31. The number of halogens is 2. The van der Waals surface area contributed by atoms with Crippen molar-refractivity contribution in [1.29, 1.82) is 0 Å². The zero-order valence-corrected chi connectivity index (χ0v) is 25.7. The Morgan fingerprint density at radius 3 is 2.27 bits per heavy atom. The number of sulfonamides is 1. The van der Waals surface area contributed by atoms with Crippen molar-refractivity contribution in [1.82, 2.24) is 9.62 Å². The summed E-state index contributed by atoms with van der Waals surface area (Å²) in [6.45, 7) is 4.64. The van der Waals surface area contributed by atoms with Gasteiger partial charge in [0.2, 0.25) is 15.9 Å². The van der Waals surface area contributed by atoms with Crippen molar-refractivity contribution < 1.29 is 22.0 Å². The van der Waals surface area contributed by atoms with Crippen LogP contribution in [0.2, 0.25) is 0 Å². The summed E-state index contributed by atoms with van der Waals surface area (Å²) >= 11 is 0. The zero-order valence-electron chi connectivity index (χ0n) is 24.8. The summed E-state index contributed by atoms with van der Waals surface area (Å²) in [5.41, 5.74) is 3.47. The molecule has 230 valence electrons. The van der Waals surface area contributed by atoms with E-state index in [1.165, 1.54) is 22.5 Å². The molecule has 1 saturated heterocycles. The average Bonchev–Trinajstić information content (AvgIpc) is 3.01. The molecule has 0 saturated carbocycles. The van der Waals surface area contributed by atoms with Crippen LogP contribution in [0.5, 0.6) is 0 Å². The summed E-state index contributed by atoms with van der Waals surface area (Å²) in [6, 6.07) is 26.4. The Labute approximate surface area is 258 Å². The van der Waals surface area contributed by atoms with Gasteiger partial charge in [-0.25, -0.2) is 17.2 Å². The van der Waals surface area contributed by atoms with Crippen LogP contribution in [-0.2, 0) is 21.2 Å². The van der Waals surface area contributed by atoms with Crippen LogP contribution in [0.1, 0.15) is 47.9 Å². The van der Waals surface area contributed by atoms with E-state index in [2.05, 4.69) is 10.6 Å². The second kappa shape index (κ2) is 13.8. The minimum Gasteiger partial charge on any atom is -0.326 e. The molecule has 9 heteroatoms. The number of hydrogen-bond acceptors (Lipinski definition) is 4. The number of aryl methyl sites for hydroxylation is 1. The van der Waals surface area contributed by atoms with Gasteiger partial charge in [-0.2, -0.15) is 4.31 Å². The van der Waals surface area contributed by atoms with Crippen molar-refractivity contribution in [3.63, 3.8) is 0 Å². The number of nitrogens with one attached hydrogen (secondary N) is 2. The van der Waals surface area contributed by atoms with Crippen LogP contribution in [0.25, 0.3) is 0 Å². The molecule has 1 heterocycles. The van der Waals surface area contributed by atoms with Crippen LogP contribution < -0.4 is 10.6 Å². The highest BCUT2D eigenvalue weighted by atomic mass is 32.2. The summed E-state index contributed by atoms with van der Waals surface area (Å²) in [6.07, 6.45) is 0.651. The number of rotatable bonds is 10. The zero-order chi connectivity index (χ0) is 31.3. The van der Waals surface area contributed by atoms with E-state index in [1.54, 1.807) is 54.6 Å². The molecule has 0 aromatic heterocycles. The number of amides is 1. The molecular formula is C35H37F2N3O3S. The lowest BCUT2D eigenvalue weighted by Gasteiger charge is -2.38. The van der Waals surface area contributed by atoms with Gasteiger partial charge in [0.05, 0.1) is 4.90 Å². The van der Waals surface area contributed by atoms with Crippen molar-refractivity contribution in [3.8, 4) is 0 Å². The fourth-order valence-corrected chi connectivity index (χ4v) is 7.50. The first-order valence-corrected chi connectivity index (χ1v) is 16.3. The Hall–Kier alpha value is -3.92. The van der Waals surface area contributed by atoms with Crippen molar-refractivity contribution >= 4 is 21.6 Å². The third kappa shape index (κ3) is 7.41. The molecule has 4 aromatic rings. The molecule has 0 radical (unpaired) electrons. The number of carbonyl (C=O) groups excluding carboxylic acids is 1. The Morgan fingerprint density at radius 2 is 1.59 bits per heavy atom. The molecule has 44 heavy (non-hydrogen) atoms.